The van der Waals surface area contributed by atoms with Gasteiger partial charge in [0, 0.05) is 43.3 Å². The van der Waals surface area contributed by atoms with Crippen molar-refractivity contribution in [2.45, 2.75) is 18.4 Å². The zero-order chi connectivity index (χ0) is 18.6. The normalized spacial score (nSPS) is 11.5. The lowest BCUT2D eigenvalue weighted by atomic mass is 10.1. The summed E-state index contributed by atoms with van der Waals surface area (Å²) in [5, 5.41) is 4.14. The summed E-state index contributed by atoms with van der Waals surface area (Å²) < 4.78 is 35.0. The van der Waals surface area contributed by atoms with Gasteiger partial charge in [-0.2, -0.15) is 5.10 Å². The number of rotatable bonds is 7. The van der Waals surface area contributed by atoms with E-state index in [1.165, 1.54) is 6.07 Å². The molecule has 0 saturated carbocycles. The maximum Gasteiger partial charge on any atom is 0.244 e. The highest BCUT2D eigenvalue weighted by Crippen LogP contribution is 2.23. The van der Waals surface area contributed by atoms with Gasteiger partial charge in [-0.1, -0.05) is 12.1 Å². The molecule has 0 fully saturated rings. The first-order chi connectivity index (χ1) is 12.5. The average Bonchev–Trinajstić information content (AvgIpc) is 3.08. The number of nitrogens with zero attached hydrogens (tertiary/aromatic N) is 3. The summed E-state index contributed by atoms with van der Waals surface area (Å²) in [6.07, 6.45) is 6.98. The lowest BCUT2D eigenvalue weighted by molar-refractivity contribution is 0.331. The highest BCUT2D eigenvalue weighted by atomic mass is 32.2. The summed E-state index contributed by atoms with van der Waals surface area (Å²) in [6, 6.07) is 8.47. The molecule has 0 saturated heterocycles. The second-order valence-corrected chi connectivity index (χ2v) is 7.42. The maximum atomic E-state index is 12.6. The summed E-state index contributed by atoms with van der Waals surface area (Å²) in [7, 11) is -1.87. The summed E-state index contributed by atoms with van der Waals surface area (Å²) in [4.78, 5) is 4.32. The van der Waals surface area contributed by atoms with Crippen molar-refractivity contribution in [1.29, 1.82) is 0 Å². The van der Waals surface area contributed by atoms with Crippen LogP contribution >= 0.6 is 0 Å². The smallest absolute Gasteiger partial charge is 0.244 e. The van der Waals surface area contributed by atoms with Crippen molar-refractivity contribution >= 4 is 10.0 Å². The van der Waals surface area contributed by atoms with Crippen LogP contribution in [0.15, 0.2) is 60.0 Å². The molecule has 0 radical (unpaired) electrons. The molecule has 2 aromatic heterocycles. The van der Waals surface area contributed by atoms with Gasteiger partial charge in [0.15, 0.2) is 0 Å². The fourth-order valence-electron chi connectivity index (χ4n) is 2.52. The van der Waals surface area contributed by atoms with E-state index in [9.17, 15) is 8.42 Å². The van der Waals surface area contributed by atoms with E-state index < -0.39 is 10.0 Å². The standard InChI is InChI=1S/C18H20N4O3S/c1-3-25-17-6-4-5-7-18(17)26(23,24)21-10-14-8-15(11-19-9-14)16-12-20-22(2)13-16/h4-9,11-13,21H,3,10H2,1-2H3. The lowest BCUT2D eigenvalue weighted by Crippen LogP contribution is -2.24. The van der Waals surface area contributed by atoms with Gasteiger partial charge in [-0.25, -0.2) is 13.1 Å². The summed E-state index contributed by atoms with van der Waals surface area (Å²) >= 11 is 0. The number of hydrogen-bond acceptors (Lipinski definition) is 5. The Hall–Kier alpha value is -2.71. The SMILES string of the molecule is CCOc1ccccc1S(=O)(=O)NCc1cncc(-c2cnn(C)c2)c1. The third kappa shape index (κ3) is 4.09. The van der Waals surface area contributed by atoms with Crippen molar-refractivity contribution < 1.29 is 13.2 Å². The van der Waals surface area contributed by atoms with Crippen LogP contribution in [0, 0.1) is 0 Å². The molecule has 0 atom stereocenters. The van der Waals surface area contributed by atoms with E-state index in [0.29, 0.717) is 12.4 Å². The predicted molar refractivity (Wildman–Crippen MR) is 98.1 cm³/mol. The van der Waals surface area contributed by atoms with Gasteiger partial charge in [-0.3, -0.25) is 9.67 Å². The van der Waals surface area contributed by atoms with Crippen molar-refractivity contribution in [2.75, 3.05) is 6.61 Å². The first-order valence-electron chi connectivity index (χ1n) is 8.14. The molecule has 1 aromatic carbocycles. The molecule has 3 rings (SSSR count). The Morgan fingerprint density at radius 2 is 1.96 bits per heavy atom. The van der Waals surface area contributed by atoms with Crippen molar-refractivity contribution in [1.82, 2.24) is 19.5 Å². The lowest BCUT2D eigenvalue weighted by Gasteiger charge is -2.12. The first kappa shape index (κ1) is 18.1. The molecular formula is C18H20N4O3S. The van der Waals surface area contributed by atoms with E-state index in [4.69, 9.17) is 4.74 Å². The highest BCUT2D eigenvalue weighted by molar-refractivity contribution is 7.89. The van der Waals surface area contributed by atoms with Crippen LogP contribution in [0.5, 0.6) is 5.75 Å². The molecule has 0 aliphatic rings. The van der Waals surface area contributed by atoms with E-state index in [-0.39, 0.29) is 11.4 Å². The van der Waals surface area contributed by atoms with E-state index in [1.54, 1.807) is 41.5 Å². The number of para-hydroxylation sites is 1. The van der Waals surface area contributed by atoms with Crippen LogP contribution < -0.4 is 9.46 Å². The highest BCUT2D eigenvalue weighted by Gasteiger charge is 2.19. The number of aryl methyl sites for hydroxylation is 1. The van der Waals surface area contributed by atoms with E-state index in [0.717, 1.165) is 16.7 Å². The van der Waals surface area contributed by atoms with Gasteiger partial charge < -0.3 is 4.74 Å². The molecule has 0 spiro atoms. The van der Waals surface area contributed by atoms with Crippen molar-refractivity contribution in [2.24, 2.45) is 7.05 Å². The molecule has 7 nitrogen and oxygen atoms in total. The van der Waals surface area contributed by atoms with E-state index in [2.05, 4.69) is 14.8 Å². The Balaban J connectivity index is 1.78. The number of ether oxygens (including phenoxy) is 1. The summed E-state index contributed by atoms with van der Waals surface area (Å²) in [6.45, 7) is 2.33. The predicted octanol–water partition coefficient (Wildman–Crippen LogP) is 2.36. The minimum atomic E-state index is -3.70. The van der Waals surface area contributed by atoms with Gasteiger partial charge in [0.2, 0.25) is 10.0 Å². The molecule has 0 amide bonds. The van der Waals surface area contributed by atoms with Crippen LogP contribution in [0.25, 0.3) is 11.1 Å². The molecule has 0 unspecified atom stereocenters. The van der Waals surface area contributed by atoms with Gasteiger partial charge in [-0.15, -0.1) is 0 Å². The molecule has 2 heterocycles. The number of pyridine rings is 1. The Labute approximate surface area is 152 Å². The molecule has 1 N–H and O–H groups in total. The Bertz CT molecular complexity index is 999. The van der Waals surface area contributed by atoms with Crippen LogP contribution in [0.1, 0.15) is 12.5 Å². The Kier molecular flexibility index (Phi) is 5.34. The van der Waals surface area contributed by atoms with Crippen molar-refractivity contribution in [3.8, 4) is 16.9 Å². The number of benzene rings is 1. The Morgan fingerprint density at radius 3 is 2.69 bits per heavy atom. The maximum absolute atomic E-state index is 12.6. The number of nitrogens with one attached hydrogen (secondary N) is 1. The molecule has 0 aliphatic heterocycles. The zero-order valence-corrected chi connectivity index (χ0v) is 15.4. The van der Waals surface area contributed by atoms with Crippen LogP contribution in [-0.4, -0.2) is 29.8 Å². The monoisotopic (exact) mass is 372 g/mol. The molecule has 0 bridgehead atoms. The minimum Gasteiger partial charge on any atom is -0.492 e. The average molecular weight is 372 g/mol. The fourth-order valence-corrected chi connectivity index (χ4v) is 3.68. The van der Waals surface area contributed by atoms with E-state index >= 15 is 0 Å². The first-order valence-corrected chi connectivity index (χ1v) is 9.62. The second-order valence-electron chi connectivity index (χ2n) is 5.69. The van der Waals surface area contributed by atoms with E-state index in [1.807, 2.05) is 26.2 Å². The largest absolute Gasteiger partial charge is 0.492 e. The summed E-state index contributed by atoms with van der Waals surface area (Å²) in [5.41, 5.74) is 2.56. The fraction of sp³-hybridized carbons (Fsp3) is 0.222. The quantitative estimate of drug-likeness (QED) is 0.688. The number of sulfonamides is 1. The van der Waals surface area contributed by atoms with Crippen LogP contribution in [0.3, 0.4) is 0 Å². The van der Waals surface area contributed by atoms with Crippen molar-refractivity contribution in [3.05, 3.63) is 60.7 Å². The molecule has 3 aromatic rings. The second kappa shape index (κ2) is 7.67. The Morgan fingerprint density at radius 1 is 1.15 bits per heavy atom. The number of hydrogen-bond donors (Lipinski definition) is 1. The molecule has 136 valence electrons. The van der Waals surface area contributed by atoms with Gasteiger partial charge in [-0.05, 0) is 30.7 Å². The van der Waals surface area contributed by atoms with Gasteiger partial charge >= 0.3 is 0 Å². The van der Waals surface area contributed by atoms with Crippen molar-refractivity contribution in [3.63, 3.8) is 0 Å². The van der Waals surface area contributed by atoms with Gasteiger partial charge in [0.05, 0.1) is 12.8 Å². The topological polar surface area (TPSA) is 86.1 Å². The molecule has 8 heteroatoms. The minimum absolute atomic E-state index is 0.123. The zero-order valence-electron chi connectivity index (χ0n) is 14.6. The van der Waals surface area contributed by atoms with Crippen LogP contribution in [0.4, 0.5) is 0 Å². The third-order valence-corrected chi connectivity index (χ3v) is 5.18. The van der Waals surface area contributed by atoms with Crippen LogP contribution in [-0.2, 0) is 23.6 Å². The van der Waals surface area contributed by atoms with Gasteiger partial charge in [0.1, 0.15) is 10.6 Å². The van der Waals surface area contributed by atoms with Gasteiger partial charge in [0.25, 0.3) is 0 Å². The third-order valence-electron chi connectivity index (χ3n) is 3.74. The number of aromatic nitrogens is 3. The summed E-state index contributed by atoms with van der Waals surface area (Å²) in [5.74, 6) is 0.338. The van der Waals surface area contributed by atoms with Crippen LogP contribution in [0.2, 0.25) is 0 Å². The molecule has 26 heavy (non-hydrogen) atoms. The molecule has 0 aliphatic carbocycles. The molecular weight excluding hydrogens is 352 g/mol.